The Morgan fingerprint density at radius 1 is 1.06 bits per heavy atom. The van der Waals surface area contributed by atoms with Gasteiger partial charge in [0.05, 0.1) is 24.8 Å². The molecule has 9 nitrogen and oxygen atoms in total. The van der Waals surface area contributed by atoms with Crippen LogP contribution in [0.2, 0.25) is 0 Å². The number of sulfonamides is 1. The highest BCUT2D eigenvalue weighted by atomic mass is 32.2. The number of anilines is 2. The summed E-state index contributed by atoms with van der Waals surface area (Å²) >= 11 is 0. The molecule has 1 aliphatic heterocycles. The summed E-state index contributed by atoms with van der Waals surface area (Å²) in [6.07, 6.45) is 5.38. The fourth-order valence-corrected chi connectivity index (χ4v) is 4.90. The maximum absolute atomic E-state index is 12.8. The van der Waals surface area contributed by atoms with Gasteiger partial charge in [-0.1, -0.05) is 5.16 Å². The van der Waals surface area contributed by atoms with Crippen molar-refractivity contribution in [2.24, 2.45) is 0 Å². The lowest BCUT2D eigenvalue weighted by molar-refractivity contribution is 0.104. The molecule has 10 heteroatoms. The molecule has 1 aliphatic rings. The van der Waals surface area contributed by atoms with Crippen molar-refractivity contribution in [3.05, 3.63) is 65.4 Å². The largest absolute Gasteiger partial charge is 0.496 e. The Morgan fingerprint density at radius 2 is 1.74 bits per heavy atom. The Balaban J connectivity index is 1.53. The number of methoxy groups -OCH3 is 2. The zero-order chi connectivity index (χ0) is 25.0. The minimum atomic E-state index is -3.86. The minimum absolute atomic E-state index is 0.00533. The normalized spacial score (nSPS) is 13.9. The standard InChI is InChI=1S/C25H27N3O6S/c1-17-14-25(26-34-17)27-35(30,31)20-9-6-18(7-10-20)22(29)11-8-19-15-21(28-12-4-5-13-28)24(33-3)16-23(19)32-2/h6-11,14-16H,4-5,12-13H2,1-3H3,(H,26,27)/b11-8+. The second-order valence-electron chi connectivity index (χ2n) is 8.11. The maximum Gasteiger partial charge on any atom is 0.263 e. The van der Waals surface area contributed by atoms with Crippen LogP contribution in [-0.2, 0) is 10.0 Å². The minimum Gasteiger partial charge on any atom is -0.496 e. The van der Waals surface area contributed by atoms with E-state index in [0.29, 0.717) is 17.1 Å². The van der Waals surface area contributed by atoms with Crippen LogP contribution in [0.4, 0.5) is 11.5 Å². The molecule has 0 amide bonds. The van der Waals surface area contributed by atoms with E-state index < -0.39 is 10.0 Å². The van der Waals surface area contributed by atoms with E-state index in [0.717, 1.165) is 42.9 Å². The summed E-state index contributed by atoms with van der Waals surface area (Å²) in [5.74, 6) is 1.61. The van der Waals surface area contributed by atoms with Crippen LogP contribution in [0.15, 0.2) is 58.0 Å². The second kappa shape index (κ2) is 10.2. The lowest BCUT2D eigenvalue weighted by Gasteiger charge is -2.22. The highest BCUT2D eigenvalue weighted by Crippen LogP contribution is 2.37. The van der Waals surface area contributed by atoms with Crippen LogP contribution < -0.4 is 19.1 Å². The van der Waals surface area contributed by atoms with Crippen molar-refractivity contribution in [2.45, 2.75) is 24.7 Å². The van der Waals surface area contributed by atoms with Gasteiger partial charge in [-0.2, -0.15) is 0 Å². The molecule has 0 radical (unpaired) electrons. The highest BCUT2D eigenvalue weighted by molar-refractivity contribution is 7.92. The Labute approximate surface area is 204 Å². The molecule has 1 aromatic heterocycles. The summed E-state index contributed by atoms with van der Waals surface area (Å²) in [4.78, 5) is 15.0. The van der Waals surface area contributed by atoms with Gasteiger partial charge in [0, 0.05) is 36.3 Å². The van der Waals surface area contributed by atoms with Gasteiger partial charge in [0.1, 0.15) is 17.3 Å². The van der Waals surface area contributed by atoms with Crippen LogP contribution in [0.25, 0.3) is 6.08 Å². The summed E-state index contributed by atoms with van der Waals surface area (Å²) in [7, 11) is -0.670. The fraction of sp³-hybridized carbons (Fsp3) is 0.280. The van der Waals surface area contributed by atoms with Gasteiger partial charge < -0.3 is 18.9 Å². The maximum atomic E-state index is 12.8. The van der Waals surface area contributed by atoms with Crippen LogP contribution in [0.5, 0.6) is 11.5 Å². The van der Waals surface area contributed by atoms with E-state index in [-0.39, 0.29) is 16.5 Å². The molecule has 3 aromatic rings. The van der Waals surface area contributed by atoms with Gasteiger partial charge in [0.15, 0.2) is 11.6 Å². The van der Waals surface area contributed by atoms with E-state index in [4.69, 9.17) is 14.0 Å². The molecule has 1 fully saturated rings. The van der Waals surface area contributed by atoms with Crippen molar-refractivity contribution >= 4 is 33.4 Å². The number of hydrogen-bond donors (Lipinski definition) is 1. The average Bonchev–Trinajstić information content (AvgIpc) is 3.53. The number of aryl methyl sites for hydroxylation is 1. The van der Waals surface area contributed by atoms with Gasteiger partial charge in [0.25, 0.3) is 10.0 Å². The third-order valence-corrected chi connectivity index (χ3v) is 7.08. The zero-order valence-electron chi connectivity index (χ0n) is 19.8. The highest BCUT2D eigenvalue weighted by Gasteiger charge is 2.20. The third kappa shape index (κ3) is 5.48. The Hall–Kier alpha value is -3.79. The van der Waals surface area contributed by atoms with Gasteiger partial charge in [-0.15, -0.1) is 0 Å². The molecule has 0 spiro atoms. The molecule has 2 heterocycles. The molecule has 35 heavy (non-hydrogen) atoms. The number of nitrogens with one attached hydrogen (secondary N) is 1. The van der Waals surface area contributed by atoms with Crippen molar-refractivity contribution in [1.29, 1.82) is 0 Å². The number of carbonyl (C=O) groups is 1. The van der Waals surface area contributed by atoms with Crippen LogP contribution in [0.3, 0.4) is 0 Å². The Morgan fingerprint density at radius 3 is 2.34 bits per heavy atom. The number of rotatable bonds is 9. The SMILES string of the molecule is COc1cc(OC)c(N2CCCC2)cc1/C=C/C(=O)c1ccc(S(=O)(=O)Nc2cc(C)on2)cc1. The van der Waals surface area contributed by atoms with Gasteiger partial charge in [-0.25, -0.2) is 8.42 Å². The predicted octanol–water partition coefficient (Wildman–Crippen LogP) is 4.30. The Bertz CT molecular complexity index is 1340. The van der Waals surface area contributed by atoms with Crippen LogP contribution in [0, 0.1) is 6.92 Å². The molecule has 184 valence electrons. The number of allylic oxidation sites excluding steroid dienone is 1. The molecule has 0 unspecified atom stereocenters. The number of hydrogen-bond acceptors (Lipinski definition) is 8. The summed E-state index contributed by atoms with van der Waals surface area (Å²) in [5, 5.41) is 3.63. The van der Waals surface area contributed by atoms with Gasteiger partial charge in [-0.3, -0.25) is 9.52 Å². The number of ketones is 1. The van der Waals surface area contributed by atoms with Crippen LogP contribution in [-0.4, -0.2) is 46.7 Å². The van der Waals surface area contributed by atoms with E-state index in [1.807, 2.05) is 12.1 Å². The zero-order valence-corrected chi connectivity index (χ0v) is 20.6. The fourth-order valence-electron chi connectivity index (χ4n) is 3.91. The third-order valence-electron chi connectivity index (χ3n) is 5.71. The molecule has 0 bridgehead atoms. The van der Waals surface area contributed by atoms with Gasteiger partial charge in [-0.05, 0) is 62.2 Å². The number of carbonyl (C=O) groups excluding carboxylic acids is 1. The topological polar surface area (TPSA) is 111 Å². The summed E-state index contributed by atoms with van der Waals surface area (Å²) in [6.45, 7) is 3.56. The van der Waals surface area contributed by atoms with E-state index >= 15 is 0 Å². The average molecular weight is 498 g/mol. The first-order valence-electron chi connectivity index (χ1n) is 11.1. The first-order chi connectivity index (χ1) is 16.8. The molecule has 0 aliphatic carbocycles. The van der Waals surface area contributed by atoms with Gasteiger partial charge in [0.2, 0.25) is 0 Å². The monoisotopic (exact) mass is 497 g/mol. The molecule has 0 atom stereocenters. The van der Waals surface area contributed by atoms with Crippen molar-refractivity contribution in [3.8, 4) is 11.5 Å². The molecule has 0 saturated carbocycles. The second-order valence-corrected chi connectivity index (χ2v) is 9.79. The number of ether oxygens (including phenoxy) is 2. The van der Waals surface area contributed by atoms with Crippen molar-refractivity contribution in [2.75, 3.05) is 36.9 Å². The number of nitrogens with zero attached hydrogens (tertiary/aromatic N) is 2. The number of aromatic nitrogens is 1. The lowest BCUT2D eigenvalue weighted by Crippen LogP contribution is -2.18. The summed E-state index contributed by atoms with van der Waals surface area (Å²) < 4.78 is 43.4. The van der Waals surface area contributed by atoms with Crippen LogP contribution in [0.1, 0.15) is 34.5 Å². The van der Waals surface area contributed by atoms with E-state index in [9.17, 15) is 13.2 Å². The first kappa shape index (κ1) is 24.3. The Kier molecular flexibility index (Phi) is 7.11. The van der Waals surface area contributed by atoms with Crippen molar-refractivity contribution in [1.82, 2.24) is 5.16 Å². The van der Waals surface area contributed by atoms with E-state index in [1.54, 1.807) is 27.2 Å². The van der Waals surface area contributed by atoms with E-state index in [1.165, 1.54) is 36.4 Å². The summed E-state index contributed by atoms with van der Waals surface area (Å²) in [6, 6.07) is 10.9. The smallest absolute Gasteiger partial charge is 0.263 e. The van der Waals surface area contributed by atoms with Crippen molar-refractivity contribution < 1.29 is 27.2 Å². The molecule has 1 saturated heterocycles. The van der Waals surface area contributed by atoms with Crippen molar-refractivity contribution in [3.63, 3.8) is 0 Å². The first-order valence-corrected chi connectivity index (χ1v) is 12.6. The van der Waals surface area contributed by atoms with Crippen LogP contribution >= 0.6 is 0 Å². The van der Waals surface area contributed by atoms with E-state index in [2.05, 4.69) is 14.8 Å². The molecular weight excluding hydrogens is 470 g/mol. The molecular formula is C25H27N3O6S. The van der Waals surface area contributed by atoms with Gasteiger partial charge >= 0.3 is 0 Å². The number of benzene rings is 2. The molecule has 1 N–H and O–H groups in total. The quantitative estimate of drug-likeness (QED) is 0.344. The molecule has 4 rings (SSSR count). The summed E-state index contributed by atoms with van der Waals surface area (Å²) in [5.41, 5.74) is 2.06. The lowest BCUT2D eigenvalue weighted by atomic mass is 10.1. The predicted molar refractivity (Wildman–Crippen MR) is 133 cm³/mol. The molecule has 2 aromatic carbocycles.